The molecule has 0 saturated carbocycles. The Hall–Kier alpha value is -9.30. The number of benzene rings is 12. The average Bonchev–Trinajstić information content (AvgIpc) is 3.78. The SMILES string of the molecule is c1ccc(-c2ccc(-c3ccc(N(c4ccc(-c5cccc6c5-c5ccccc5C6(c5ccccc5)c5ccccc5)cc4)c4cccc(-c5ccc(-c6ccc7ccccc7c6)cc5)c4)cc3)cc2)cc1. The molecule has 12 aromatic rings. The first-order valence-corrected chi connectivity index (χ1v) is 24.9. The van der Waals surface area contributed by atoms with Gasteiger partial charge in [-0.1, -0.05) is 255 Å². The Balaban J connectivity index is 0.891. The largest absolute Gasteiger partial charge is 0.310 e. The van der Waals surface area contributed by atoms with E-state index in [0.717, 1.165) is 22.6 Å². The van der Waals surface area contributed by atoms with Crippen LogP contribution >= 0.6 is 0 Å². The summed E-state index contributed by atoms with van der Waals surface area (Å²) in [6, 6.07) is 109. The molecule has 72 heavy (non-hydrogen) atoms. The average molecular weight is 916 g/mol. The lowest BCUT2D eigenvalue weighted by atomic mass is 9.67. The van der Waals surface area contributed by atoms with E-state index in [0.29, 0.717) is 0 Å². The van der Waals surface area contributed by atoms with E-state index in [1.807, 2.05) is 0 Å². The van der Waals surface area contributed by atoms with E-state index in [4.69, 9.17) is 0 Å². The Morgan fingerprint density at radius 3 is 1.24 bits per heavy atom. The van der Waals surface area contributed by atoms with Gasteiger partial charge in [0.1, 0.15) is 0 Å². The number of nitrogens with zero attached hydrogens (tertiary/aromatic N) is 1. The molecule has 0 bridgehead atoms. The second-order valence-corrected chi connectivity index (χ2v) is 18.8. The third-order valence-electron chi connectivity index (χ3n) is 14.8. The van der Waals surface area contributed by atoms with Crippen molar-refractivity contribution in [2.24, 2.45) is 0 Å². The highest BCUT2D eigenvalue weighted by Crippen LogP contribution is 2.58. The van der Waals surface area contributed by atoms with Crippen molar-refractivity contribution in [3.05, 3.63) is 320 Å². The van der Waals surface area contributed by atoms with Crippen LogP contribution in [-0.4, -0.2) is 0 Å². The third-order valence-corrected chi connectivity index (χ3v) is 14.8. The maximum atomic E-state index is 2.39. The molecular formula is C71H49N. The zero-order valence-electron chi connectivity index (χ0n) is 39.7. The fourth-order valence-electron chi connectivity index (χ4n) is 11.3. The second-order valence-electron chi connectivity index (χ2n) is 18.8. The van der Waals surface area contributed by atoms with Gasteiger partial charge in [-0.25, -0.2) is 0 Å². The van der Waals surface area contributed by atoms with Crippen LogP contribution in [-0.2, 0) is 5.41 Å². The van der Waals surface area contributed by atoms with Crippen LogP contribution in [0.1, 0.15) is 22.3 Å². The highest BCUT2D eigenvalue weighted by Gasteiger charge is 2.46. The third kappa shape index (κ3) is 7.51. The minimum atomic E-state index is -0.459. The van der Waals surface area contributed by atoms with Crippen molar-refractivity contribution in [1.82, 2.24) is 0 Å². The van der Waals surface area contributed by atoms with Gasteiger partial charge < -0.3 is 4.90 Å². The van der Waals surface area contributed by atoms with Crippen LogP contribution in [0, 0.1) is 0 Å². The van der Waals surface area contributed by atoms with Crippen LogP contribution in [0.5, 0.6) is 0 Å². The minimum absolute atomic E-state index is 0.459. The molecule has 1 aliphatic carbocycles. The Morgan fingerprint density at radius 2 is 0.625 bits per heavy atom. The molecule has 12 aromatic carbocycles. The first-order valence-electron chi connectivity index (χ1n) is 24.9. The lowest BCUT2D eigenvalue weighted by Gasteiger charge is -2.34. The molecule has 0 amide bonds. The fourth-order valence-corrected chi connectivity index (χ4v) is 11.3. The first kappa shape index (κ1) is 42.8. The summed E-state index contributed by atoms with van der Waals surface area (Å²) in [7, 11) is 0. The fraction of sp³-hybridized carbons (Fsp3) is 0.0141. The van der Waals surface area contributed by atoms with Crippen LogP contribution in [0.3, 0.4) is 0 Å². The standard InChI is InChI=1S/C71H49N/c1-4-16-50(17-5-1)52-30-32-53(33-31-52)54-40-44-63(45-41-54)72(65-25-14-20-59(49-65)55-34-36-56(37-35-55)60-39-38-51-18-10-11-19-58(51)48-60)64-46-42-57(43-47-64)66-27-15-29-69-70(66)67-26-12-13-28-68(67)71(69,61-21-6-2-7-22-61)62-23-8-3-9-24-62/h1-49H. The summed E-state index contributed by atoms with van der Waals surface area (Å²) in [5, 5.41) is 2.50. The van der Waals surface area contributed by atoms with Crippen molar-refractivity contribution in [3.8, 4) is 66.8 Å². The molecule has 1 nitrogen and oxygen atoms in total. The van der Waals surface area contributed by atoms with Crippen LogP contribution in [0.25, 0.3) is 77.5 Å². The molecule has 0 atom stereocenters. The quantitative estimate of drug-likeness (QED) is 0.132. The van der Waals surface area contributed by atoms with E-state index in [-0.39, 0.29) is 0 Å². The molecule has 0 N–H and O–H groups in total. The van der Waals surface area contributed by atoms with E-state index in [1.54, 1.807) is 0 Å². The second kappa shape index (κ2) is 18.2. The van der Waals surface area contributed by atoms with Gasteiger partial charge in [-0.15, -0.1) is 0 Å². The lowest BCUT2D eigenvalue weighted by molar-refractivity contribution is 0.768. The van der Waals surface area contributed by atoms with Crippen LogP contribution < -0.4 is 4.90 Å². The minimum Gasteiger partial charge on any atom is -0.310 e. The predicted molar refractivity (Wildman–Crippen MR) is 303 cm³/mol. The van der Waals surface area contributed by atoms with E-state index in [9.17, 15) is 0 Å². The van der Waals surface area contributed by atoms with E-state index < -0.39 is 5.41 Å². The molecule has 0 radical (unpaired) electrons. The van der Waals surface area contributed by atoms with Gasteiger partial charge in [0.25, 0.3) is 0 Å². The summed E-state index contributed by atoms with van der Waals surface area (Å²) in [5.41, 5.74) is 22.5. The molecule has 0 heterocycles. The van der Waals surface area contributed by atoms with Gasteiger partial charge in [-0.05, 0) is 142 Å². The number of fused-ring (bicyclic) bond motifs is 4. The van der Waals surface area contributed by atoms with Crippen LogP contribution in [0.2, 0.25) is 0 Å². The van der Waals surface area contributed by atoms with E-state index in [2.05, 4.69) is 302 Å². The van der Waals surface area contributed by atoms with Gasteiger partial charge in [0.15, 0.2) is 0 Å². The molecule has 0 aromatic heterocycles. The monoisotopic (exact) mass is 915 g/mol. The van der Waals surface area contributed by atoms with Crippen molar-refractivity contribution in [2.45, 2.75) is 5.41 Å². The van der Waals surface area contributed by atoms with Crippen molar-refractivity contribution >= 4 is 27.8 Å². The number of rotatable bonds is 10. The van der Waals surface area contributed by atoms with E-state index in [1.165, 1.54) is 94.2 Å². The predicted octanol–water partition coefficient (Wildman–Crippen LogP) is 19.0. The van der Waals surface area contributed by atoms with Gasteiger partial charge in [0.05, 0.1) is 5.41 Å². The Labute approximate surface area is 422 Å². The normalized spacial score (nSPS) is 12.3. The smallest absolute Gasteiger partial charge is 0.0713 e. The van der Waals surface area contributed by atoms with Gasteiger partial charge in [0, 0.05) is 17.1 Å². The summed E-state index contributed by atoms with van der Waals surface area (Å²) >= 11 is 0. The molecule has 0 unspecified atom stereocenters. The first-order chi connectivity index (χ1) is 35.7. The maximum absolute atomic E-state index is 2.39. The summed E-state index contributed by atoms with van der Waals surface area (Å²) in [5.74, 6) is 0. The van der Waals surface area contributed by atoms with Gasteiger partial charge >= 0.3 is 0 Å². The van der Waals surface area contributed by atoms with Crippen molar-refractivity contribution < 1.29 is 0 Å². The zero-order valence-corrected chi connectivity index (χ0v) is 39.7. The summed E-state index contributed by atoms with van der Waals surface area (Å²) in [6.45, 7) is 0. The number of anilines is 3. The Bertz CT molecular complexity index is 3820. The molecular weight excluding hydrogens is 867 g/mol. The molecule has 0 spiro atoms. The van der Waals surface area contributed by atoms with Crippen LogP contribution in [0.15, 0.2) is 297 Å². The van der Waals surface area contributed by atoms with Gasteiger partial charge in [-0.2, -0.15) is 0 Å². The van der Waals surface area contributed by atoms with Crippen LogP contribution in [0.4, 0.5) is 17.1 Å². The van der Waals surface area contributed by atoms with E-state index >= 15 is 0 Å². The zero-order chi connectivity index (χ0) is 47.8. The van der Waals surface area contributed by atoms with Crippen molar-refractivity contribution in [1.29, 1.82) is 0 Å². The summed E-state index contributed by atoms with van der Waals surface area (Å²) in [4.78, 5) is 2.39. The van der Waals surface area contributed by atoms with Crippen molar-refractivity contribution in [3.63, 3.8) is 0 Å². The Morgan fingerprint density at radius 1 is 0.222 bits per heavy atom. The van der Waals surface area contributed by atoms with Gasteiger partial charge in [0.2, 0.25) is 0 Å². The maximum Gasteiger partial charge on any atom is 0.0713 e. The Kier molecular flexibility index (Phi) is 10.8. The topological polar surface area (TPSA) is 3.24 Å². The summed E-state index contributed by atoms with van der Waals surface area (Å²) in [6.07, 6.45) is 0. The molecule has 13 rings (SSSR count). The summed E-state index contributed by atoms with van der Waals surface area (Å²) < 4.78 is 0. The van der Waals surface area contributed by atoms with Gasteiger partial charge in [-0.3, -0.25) is 0 Å². The highest BCUT2D eigenvalue weighted by atomic mass is 15.1. The molecule has 0 fully saturated rings. The number of hydrogen-bond donors (Lipinski definition) is 0. The van der Waals surface area contributed by atoms with Crippen molar-refractivity contribution in [2.75, 3.05) is 4.90 Å². The molecule has 338 valence electrons. The number of hydrogen-bond acceptors (Lipinski definition) is 1. The molecule has 0 saturated heterocycles. The lowest BCUT2D eigenvalue weighted by Crippen LogP contribution is -2.28. The molecule has 1 heteroatoms. The molecule has 0 aliphatic heterocycles. The molecule has 1 aliphatic rings. The highest BCUT2D eigenvalue weighted by molar-refractivity contribution is 5.96.